The molecule has 2 N–H and O–H groups in total. The third-order valence-corrected chi connectivity index (χ3v) is 5.29. The number of carbonyl (C=O) groups is 3. The first-order valence-electron chi connectivity index (χ1n) is 9.35. The van der Waals surface area contributed by atoms with E-state index in [1.54, 1.807) is 24.3 Å². The van der Waals surface area contributed by atoms with Gasteiger partial charge >= 0.3 is 12.1 Å². The summed E-state index contributed by atoms with van der Waals surface area (Å²) < 4.78 is 44.8. The van der Waals surface area contributed by atoms with Crippen LogP contribution < -0.4 is 15.4 Å². The molecule has 1 saturated heterocycles. The average Bonchev–Trinajstić information content (AvgIpc) is 2.67. The van der Waals surface area contributed by atoms with Gasteiger partial charge in [-0.1, -0.05) is 25.0 Å². The van der Waals surface area contributed by atoms with Gasteiger partial charge in [0.25, 0.3) is 0 Å². The molecule has 0 aromatic heterocycles. The van der Waals surface area contributed by atoms with Crippen molar-refractivity contribution in [3.8, 4) is 5.75 Å². The second kappa shape index (κ2) is 8.30. The second-order valence-electron chi connectivity index (χ2n) is 7.15. The Balaban J connectivity index is 1.83. The zero-order valence-electron chi connectivity index (χ0n) is 15.8. The van der Waals surface area contributed by atoms with Crippen molar-refractivity contribution in [3.05, 3.63) is 24.3 Å². The summed E-state index contributed by atoms with van der Waals surface area (Å²) in [5.41, 5.74) is 0.320. The molecule has 1 aliphatic carbocycles. The van der Waals surface area contributed by atoms with E-state index < -0.39 is 48.4 Å². The summed E-state index contributed by atoms with van der Waals surface area (Å²) in [5, 5.41) is 5.23. The van der Waals surface area contributed by atoms with Crippen LogP contribution in [-0.2, 0) is 14.4 Å². The Kier molecular flexibility index (Phi) is 5.99. The molecular formula is C19H22F3N3O4. The number of carbonyl (C=O) groups excluding carboxylic acids is 3. The normalized spacial score (nSPS) is 24.3. The van der Waals surface area contributed by atoms with Crippen molar-refractivity contribution in [2.45, 2.75) is 56.4 Å². The number of para-hydroxylation sites is 2. The summed E-state index contributed by atoms with van der Waals surface area (Å²) in [4.78, 5) is 37.7. The number of ether oxygens (including phenoxy) is 1. The molecule has 10 heteroatoms. The molecule has 3 rings (SSSR count). The summed E-state index contributed by atoms with van der Waals surface area (Å²) >= 11 is 0. The first-order chi connectivity index (χ1) is 13.7. The van der Waals surface area contributed by atoms with Gasteiger partial charge in [0, 0.05) is 6.04 Å². The SMILES string of the molecule is COc1ccccc1NC(=O)C[C@H]1C(=O)N[C@@H]2CCCC[C@@H]2N1C(=O)C(F)(F)F. The third-order valence-electron chi connectivity index (χ3n) is 5.29. The molecule has 3 atom stereocenters. The van der Waals surface area contributed by atoms with Crippen LogP contribution >= 0.6 is 0 Å². The first-order valence-corrected chi connectivity index (χ1v) is 9.35. The minimum Gasteiger partial charge on any atom is -0.495 e. The summed E-state index contributed by atoms with van der Waals surface area (Å²) in [5.74, 6) is -3.16. The molecule has 29 heavy (non-hydrogen) atoms. The van der Waals surface area contributed by atoms with E-state index in [-0.39, 0.29) is 0 Å². The van der Waals surface area contributed by atoms with Crippen molar-refractivity contribution in [1.82, 2.24) is 10.2 Å². The Hall–Kier alpha value is -2.78. The van der Waals surface area contributed by atoms with E-state index in [4.69, 9.17) is 4.74 Å². The van der Waals surface area contributed by atoms with E-state index in [0.717, 1.165) is 6.42 Å². The fourth-order valence-electron chi connectivity index (χ4n) is 4.00. The highest BCUT2D eigenvalue weighted by atomic mass is 19.4. The number of fused-ring (bicyclic) bond motifs is 1. The van der Waals surface area contributed by atoms with Crippen LogP contribution in [-0.4, -0.2) is 54.0 Å². The number of alkyl halides is 3. The Morgan fingerprint density at radius 2 is 1.93 bits per heavy atom. The molecule has 0 radical (unpaired) electrons. The van der Waals surface area contributed by atoms with Crippen LogP contribution in [0, 0.1) is 0 Å². The molecule has 1 saturated carbocycles. The first kappa shape index (κ1) is 20.9. The monoisotopic (exact) mass is 413 g/mol. The van der Waals surface area contributed by atoms with E-state index in [9.17, 15) is 27.6 Å². The number of methoxy groups -OCH3 is 1. The van der Waals surface area contributed by atoms with Gasteiger partial charge in [-0.2, -0.15) is 13.2 Å². The van der Waals surface area contributed by atoms with Gasteiger partial charge in [-0.05, 0) is 25.0 Å². The number of hydrogen-bond acceptors (Lipinski definition) is 4. The number of hydrogen-bond donors (Lipinski definition) is 2. The van der Waals surface area contributed by atoms with E-state index in [0.29, 0.717) is 35.6 Å². The molecule has 0 unspecified atom stereocenters. The summed E-state index contributed by atoms with van der Waals surface area (Å²) in [7, 11) is 1.41. The summed E-state index contributed by atoms with van der Waals surface area (Å²) in [6.07, 6.45) is -3.46. The van der Waals surface area contributed by atoms with Gasteiger partial charge in [-0.25, -0.2) is 0 Å². The van der Waals surface area contributed by atoms with E-state index in [2.05, 4.69) is 10.6 Å². The summed E-state index contributed by atoms with van der Waals surface area (Å²) in [6.45, 7) is 0. The lowest BCUT2D eigenvalue weighted by molar-refractivity contribution is -0.195. The molecular weight excluding hydrogens is 391 g/mol. The van der Waals surface area contributed by atoms with Crippen LogP contribution in [0.3, 0.4) is 0 Å². The molecule has 7 nitrogen and oxygen atoms in total. The standard InChI is InChI=1S/C19H22F3N3O4/c1-29-15-9-5-3-7-12(15)23-16(26)10-14-17(27)24-11-6-2-4-8-13(11)25(14)18(28)19(20,21)22/h3,5,7,9,11,13-14H,2,4,6,8,10H2,1H3,(H,23,26)(H,24,27)/t11-,13+,14+/m1/s1. The van der Waals surface area contributed by atoms with Crippen molar-refractivity contribution in [2.24, 2.45) is 0 Å². The number of rotatable bonds is 4. The lowest BCUT2D eigenvalue weighted by Gasteiger charge is -2.48. The minimum atomic E-state index is -5.13. The van der Waals surface area contributed by atoms with Crippen LogP contribution in [0.15, 0.2) is 24.3 Å². The lowest BCUT2D eigenvalue weighted by atomic mass is 9.85. The number of benzene rings is 1. The highest BCUT2D eigenvalue weighted by molar-refractivity contribution is 5.99. The van der Waals surface area contributed by atoms with Crippen LogP contribution in [0.25, 0.3) is 0 Å². The highest BCUT2D eigenvalue weighted by Gasteiger charge is 2.53. The van der Waals surface area contributed by atoms with Gasteiger partial charge in [-0.15, -0.1) is 0 Å². The topological polar surface area (TPSA) is 87.7 Å². The molecule has 2 aliphatic rings. The van der Waals surface area contributed by atoms with Crippen molar-refractivity contribution < 1.29 is 32.3 Å². The molecule has 1 aliphatic heterocycles. The Labute approximate surface area is 165 Å². The number of piperazine rings is 1. The number of nitrogens with zero attached hydrogens (tertiary/aromatic N) is 1. The number of nitrogens with one attached hydrogen (secondary N) is 2. The molecule has 3 amide bonds. The molecule has 158 valence electrons. The van der Waals surface area contributed by atoms with Gasteiger partial charge < -0.3 is 20.3 Å². The number of amides is 3. The van der Waals surface area contributed by atoms with Gasteiger partial charge in [0.1, 0.15) is 11.8 Å². The quantitative estimate of drug-likeness (QED) is 0.793. The van der Waals surface area contributed by atoms with Crippen LogP contribution in [0.4, 0.5) is 18.9 Å². The predicted octanol–water partition coefficient (Wildman–Crippen LogP) is 2.22. The average molecular weight is 413 g/mol. The lowest BCUT2D eigenvalue weighted by Crippen LogP contribution is -2.69. The molecule has 1 heterocycles. The highest BCUT2D eigenvalue weighted by Crippen LogP contribution is 2.33. The zero-order valence-corrected chi connectivity index (χ0v) is 15.8. The van der Waals surface area contributed by atoms with E-state index >= 15 is 0 Å². The van der Waals surface area contributed by atoms with Crippen LogP contribution in [0.5, 0.6) is 5.75 Å². The molecule has 1 aromatic carbocycles. The maximum atomic E-state index is 13.2. The third kappa shape index (κ3) is 4.46. The Morgan fingerprint density at radius 1 is 1.24 bits per heavy atom. The number of halogens is 3. The minimum absolute atomic E-state index is 0.320. The molecule has 0 spiro atoms. The van der Waals surface area contributed by atoms with Gasteiger partial charge in [0.05, 0.1) is 25.3 Å². The van der Waals surface area contributed by atoms with Crippen molar-refractivity contribution in [2.75, 3.05) is 12.4 Å². The molecule has 1 aromatic rings. The van der Waals surface area contributed by atoms with E-state index in [1.165, 1.54) is 7.11 Å². The van der Waals surface area contributed by atoms with Crippen LogP contribution in [0.1, 0.15) is 32.1 Å². The smallest absolute Gasteiger partial charge is 0.471 e. The number of anilines is 1. The second-order valence-corrected chi connectivity index (χ2v) is 7.15. The van der Waals surface area contributed by atoms with Gasteiger partial charge in [0.2, 0.25) is 11.8 Å². The summed E-state index contributed by atoms with van der Waals surface area (Å²) in [6, 6.07) is 3.67. The van der Waals surface area contributed by atoms with Crippen molar-refractivity contribution in [3.63, 3.8) is 0 Å². The Bertz CT molecular complexity index is 799. The van der Waals surface area contributed by atoms with Gasteiger partial charge in [-0.3, -0.25) is 14.4 Å². The van der Waals surface area contributed by atoms with Crippen molar-refractivity contribution in [1.29, 1.82) is 0 Å². The van der Waals surface area contributed by atoms with Gasteiger partial charge in [0.15, 0.2) is 0 Å². The Morgan fingerprint density at radius 3 is 2.62 bits per heavy atom. The fraction of sp³-hybridized carbons (Fsp3) is 0.526. The van der Waals surface area contributed by atoms with E-state index in [1.807, 2.05) is 0 Å². The molecule has 2 fully saturated rings. The maximum absolute atomic E-state index is 13.2. The zero-order chi connectivity index (χ0) is 21.2. The van der Waals surface area contributed by atoms with Crippen LogP contribution in [0.2, 0.25) is 0 Å². The molecule has 0 bridgehead atoms. The largest absolute Gasteiger partial charge is 0.495 e. The maximum Gasteiger partial charge on any atom is 0.471 e. The fourth-order valence-corrected chi connectivity index (χ4v) is 4.00. The predicted molar refractivity (Wildman–Crippen MR) is 97.1 cm³/mol. The van der Waals surface area contributed by atoms with Crippen molar-refractivity contribution >= 4 is 23.4 Å².